The zero-order chi connectivity index (χ0) is 19.6. The molecule has 0 bridgehead atoms. The van der Waals surface area contributed by atoms with E-state index < -0.39 is 23.6 Å². The molecular formula is C20H18FN2O4-. The number of benzene rings is 2. The van der Waals surface area contributed by atoms with E-state index in [1.807, 2.05) is 0 Å². The number of carbonyl (C=O) groups excluding carboxylic acids is 3. The van der Waals surface area contributed by atoms with E-state index in [0.717, 1.165) is 0 Å². The van der Waals surface area contributed by atoms with Gasteiger partial charge in [0.15, 0.2) is 0 Å². The van der Waals surface area contributed by atoms with E-state index in [1.165, 1.54) is 30.3 Å². The summed E-state index contributed by atoms with van der Waals surface area (Å²) in [7, 11) is 0. The lowest BCUT2D eigenvalue weighted by molar-refractivity contribution is -0.305. The first-order chi connectivity index (χ1) is 13.0. The largest absolute Gasteiger partial charge is 0.550 e. The van der Waals surface area contributed by atoms with Gasteiger partial charge in [-0.15, -0.1) is 0 Å². The first-order valence-electron chi connectivity index (χ1n) is 8.27. The lowest BCUT2D eigenvalue weighted by Gasteiger charge is -2.11. The molecule has 2 N–H and O–H groups in total. The van der Waals surface area contributed by atoms with Gasteiger partial charge in [0.25, 0.3) is 11.8 Å². The Morgan fingerprint density at radius 1 is 1.00 bits per heavy atom. The van der Waals surface area contributed by atoms with Crippen LogP contribution < -0.4 is 15.7 Å². The average molecular weight is 369 g/mol. The van der Waals surface area contributed by atoms with Crippen LogP contribution in [0, 0.1) is 5.82 Å². The van der Waals surface area contributed by atoms with Gasteiger partial charge in [-0.1, -0.05) is 30.3 Å². The molecule has 2 aromatic rings. The third-order valence-corrected chi connectivity index (χ3v) is 3.55. The number of halogens is 1. The van der Waals surface area contributed by atoms with Crippen LogP contribution in [0.3, 0.4) is 0 Å². The highest BCUT2D eigenvalue weighted by atomic mass is 19.1. The Balaban J connectivity index is 2.14. The summed E-state index contributed by atoms with van der Waals surface area (Å²) in [6.45, 7) is 0.106. The predicted octanol–water partition coefficient (Wildman–Crippen LogP) is 1.24. The number of aliphatic carboxylic acids is 1. The second-order valence-corrected chi connectivity index (χ2v) is 5.66. The fourth-order valence-corrected chi connectivity index (χ4v) is 2.20. The van der Waals surface area contributed by atoms with Crippen LogP contribution in [0.2, 0.25) is 0 Å². The number of carboxylic acid groups (broad SMARTS) is 1. The van der Waals surface area contributed by atoms with E-state index in [9.17, 15) is 23.9 Å². The molecule has 27 heavy (non-hydrogen) atoms. The van der Waals surface area contributed by atoms with Crippen LogP contribution in [0.4, 0.5) is 4.39 Å². The molecule has 140 valence electrons. The molecule has 2 aromatic carbocycles. The fourth-order valence-electron chi connectivity index (χ4n) is 2.20. The molecule has 0 fully saturated rings. The van der Waals surface area contributed by atoms with Crippen molar-refractivity contribution in [2.45, 2.75) is 12.8 Å². The van der Waals surface area contributed by atoms with Gasteiger partial charge in [0.2, 0.25) is 0 Å². The number of amides is 2. The van der Waals surface area contributed by atoms with Gasteiger partial charge in [-0.25, -0.2) is 4.39 Å². The second-order valence-electron chi connectivity index (χ2n) is 5.66. The molecule has 0 aromatic heterocycles. The molecule has 0 radical (unpaired) electrons. The van der Waals surface area contributed by atoms with E-state index in [4.69, 9.17) is 0 Å². The van der Waals surface area contributed by atoms with Gasteiger partial charge >= 0.3 is 0 Å². The van der Waals surface area contributed by atoms with E-state index >= 15 is 0 Å². The monoisotopic (exact) mass is 369 g/mol. The number of hydrogen-bond donors (Lipinski definition) is 2. The van der Waals surface area contributed by atoms with E-state index in [-0.39, 0.29) is 25.1 Å². The number of nitrogens with one attached hydrogen (secondary N) is 2. The van der Waals surface area contributed by atoms with Crippen molar-refractivity contribution in [1.29, 1.82) is 0 Å². The van der Waals surface area contributed by atoms with Gasteiger partial charge in [0, 0.05) is 18.1 Å². The topological polar surface area (TPSA) is 98.3 Å². The van der Waals surface area contributed by atoms with Crippen LogP contribution in [0.1, 0.15) is 28.8 Å². The fraction of sp³-hybridized carbons (Fsp3) is 0.150. The highest BCUT2D eigenvalue weighted by Gasteiger charge is 2.14. The van der Waals surface area contributed by atoms with Gasteiger partial charge in [-0.05, 0) is 48.7 Å². The van der Waals surface area contributed by atoms with E-state index in [1.54, 1.807) is 30.3 Å². The molecule has 2 rings (SSSR count). The van der Waals surface area contributed by atoms with Gasteiger partial charge in [-0.2, -0.15) is 0 Å². The Morgan fingerprint density at radius 2 is 1.67 bits per heavy atom. The van der Waals surface area contributed by atoms with Crippen molar-refractivity contribution in [3.8, 4) is 0 Å². The van der Waals surface area contributed by atoms with Crippen LogP contribution in [-0.4, -0.2) is 24.3 Å². The maximum Gasteiger partial charge on any atom is 0.267 e. The summed E-state index contributed by atoms with van der Waals surface area (Å²) in [5.41, 5.74) is 0.848. The average Bonchev–Trinajstić information content (AvgIpc) is 2.66. The predicted molar refractivity (Wildman–Crippen MR) is 95.5 cm³/mol. The Kier molecular flexibility index (Phi) is 7.25. The standard InChI is InChI=1S/C20H19FN2O4/c21-16-10-8-14(9-11-16)13-17(20(27)22-12-4-7-18(24)25)23-19(26)15-5-2-1-3-6-15/h1-3,5-6,8-11,13H,4,7,12H2,(H,22,27)(H,23,26)(H,24,25)/p-1/b17-13-. The minimum atomic E-state index is -1.20. The maximum absolute atomic E-state index is 13.1. The van der Waals surface area contributed by atoms with Crippen molar-refractivity contribution >= 4 is 23.9 Å². The van der Waals surface area contributed by atoms with Crippen molar-refractivity contribution in [3.05, 3.63) is 77.2 Å². The second kappa shape index (κ2) is 9.86. The SMILES string of the molecule is O=C([O-])CCCNC(=O)/C(=C/c1ccc(F)cc1)NC(=O)c1ccccc1. The van der Waals surface area contributed by atoms with Crippen LogP contribution in [0.25, 0.3) is 6.08 Å². The highest BCUT2D eigenvalue weighted by molar-refractivity contribution is 6.05. The van der Waals surface area contributed by atoms with Crippen molar-refractivity contribution in [2.24, 2.45) is 0 Å². The molecule has 0 aliphatic carbocycles. The Bertz CT molecular complexity index is 833. The molecule has 7 heteroatoms. The van der Waals surface area contributed by atoms with Gasteiger partial charge < -0.3 is 20.5 Å². The van der Waals surface area contributed by atoms with E-state index in [2.05, 4.69) is 10.6 Å². The molecule has 0 aliphatic heterocycles. The number of hydrogen-bond acceptors (Lipinski definition) is 4. The summed E-state index contributed by atoms with van der Waals surface area (Å²) >= 11 is 0. The molecule has 6 nitrogen and oxygen atoms in total. The van der Waals surface area contributed by atoms with Gasteiger partial charge in [0.1, 0.15) is 11.5 Å². The van der Waals surface area contributed by atoms with Crippen molar-refractivity contribution in [2.75, 3.05) is 6.54 Å². The molecule has 0 saturated heterocycles. The third kappa shape index (κ3) is 6.74. The lowest BCUT2D eigenvalue weighted by Crippen LogP contribution is -2.35. The van der Waals surface area contributed by atoms with Crippen molar-refractivity contribution in [1.82, 2.24) is 10.6 Å². The summed E-state index contributed by atoms with van der Waals surface area (Å²) < 4.78 is 13.1. The Morgan fingerprint density at radius 3 is 2.30 bits per heavy atom. The molecule has 0 saturated carbocycles. The highest BCUT2D eigenvalue weighted by Crippen LogP contribution is 2.09. The molecular weight excluding hydrogens is 351 g/mol. The summed E-state index contributed by atoms with van der Waals surface area (Å²) in [4.78, 5) is 35.2. The minimum absolute atomic E-state index is 0.0380. The molecule has 0 atom stereocenters. The van der Waals surface area contributed by atoms with Crippen LogP contribution in [0.5, 0.6) is 0 Å². The smallest absolute Gasteiger partial charge is 0.267 e. The number of rotatable bonds is 8. The quantitative estimate of drug-likeness (QED) is 0.540. The van der Waals surface area contributed by atoms with Crippen LogP contribution in [0.15, 0.2) is 60.3 Å². The normalized spacial score (nSPS) is 10.9. The molecule has 0 aliphatic rings. The molecule has 0 spiro atoms. The summed E-state index contributed by atoms with van der Waals surface area (Å²) in [5, 5.41) is 15.5. The maximum atomic E-state index is 13.1. The van der Waals surface area contributed by atoms with Crippen LogP contribution >= 0.6 is 0 Å². The van der Waals surface area contributed by atoms with E-state index in [0.29, 0.717) is 11.1 Å². The summed E-state index contributed by atoms with van der Waals surface area (Å²) in [6, 6.07) is 13.7. The third-order valence-electron chi connectivity index (χ3n) is 3.55. The molecule has 0 unspecified atom stereocenters. The molecule has 0 heterocycles. The first-order valence-corrected chi connectivity index (χ1v) is 8.27. The summed E-state index contributed by atoms with van der Waals surface area (Å²) in [5.74, 6) is -2.69. The van der Waals surface area contributed by atoms with Gasteiger partial charge in [0.05, 0.1) is 0 Å². The van der Waals surface area contributed by atoms with Crippen molar-refractivity contribution < 1.29 is 23.9 Å². The van der Waals surface area contributed by atoms with Crippen LogP contribution in [-0.2, 0) is 9.59 Å². The minimum Gasteiger partial charge on any atom is -0.550 e. The van der Waals surface area contributed by atoms with Gasteiger partial charge in [-0.3, -0.25) is 9.59 Å². The number of carbonyl (C=O) groups is 3. The molecule has 2 amide bonds. The Labute approximate surface area is 155 Å². The zero-order valence-electron chi connectivity index (χ0n) is 14.4. The lowest BCUT2D eigenvalue weighted by atomic mass is 10.1. The summed E-state index contributed by atoms with van der Waals surface area (Å²) in [6.07, 6.45) is 1.42. The zero-order valence-corrected chi connectivity index (χ0v) is 14.4. The Hall–Kier alpha value is -3.48. The first kappa shape index (κ1) is 19.8. The number of carboxylic acids is 1. The van der Waals surface area contributed by atoms with Crippen molar-refractivity contribution in [3.63, 3.8) is 0 Å².